The van der Waals surface area contributed by atoms with Crippen molar-refractivity contribution >= 4 is 34.1 Å². The van der Waals surface area contributed by atoms with Gasteiger partial charge in [0, 0.05) is 12.2 Å². The molecule has 1 aromatic heterocycles. The van der Waals surface area contributed by atoms with E-state index in [4.69, 9.17) is 0 Å². The van der Waals surface area contributed by atoms with Gasteiger partial charge in [-0.25, -0.2) is 0 Å². The molecule has 0 bridgehead atoms. The van der Waals surface area contributed by atoms with E-state index in [-0.39, 0.29) is 11.3 Å². The van der Waals surface area contributed by atoms with Crippen LogP contribution < -0.4 is 5.32 Å². The Morgan fingerprint density at radius 3 is 2.56 bits per heavy atom. The Morgan fingerprint density at radius 2 is 1.92 bits per heavy atom. The second-order valence-corrected chi connectivity index (χ2v) is 9.97. The zero-order valence-electron chi connectivity index (χ0n) is 15.6. The Labute approximate surface area is 158 Å². The number of carbonyl (C=O) groups excluding carboxylic acids is 1. The smallest absolute Gasteiger partial charge is 0.226 e. The van der Waals surface area contributed by atoms with Crippen LogP contribution in [0.3, 0.4) is 0 Å². The fourth-order valence-corrected chi connectivity index (χ4v) is 4.48. The normalized spacial score (nSPS) is 12.8. The van der Waals surface area contributed by atoms with Crippen molar-refractivity contribution in [2.24, 2.45) is 11.3 Å². The molecule has 2 aromatic rings. The number of amides is 1. The number of benzene rings is 1. The van der Waals surface area contributed by atoms with Crippen molar-refractivity contribution in [1.82, 2.24) is 10.2 Å². The Hall–Kier alpha value is -1.40. The molecule has 1 N–H and O–H groups in total. The zero-order chi connectivity index (χ0) is 18.4. The lowest BCUT2D eigenvalue weighted by molar-refractivity contribution is -0.117. The molecule has 0 aliphatic heterocycles. The van der Waals surface area contributed by atoms with Gasteiger partial charge in [0.25, 0.3) is 0 Å². The minimum Gasteiger partial charge on any atom is -0.300 e. The minimum atomic E-state index is 0.0167. The summed E-state index contributed by atoms with van der Waals surface area (Å²) in [6, 6.07) is 8.48. The molecule has 1 aromatic carbocycles. The number of thioether (sulfide) groups is 1. The van der Waals surface area contributed by atoms with Gasteiger partial charge in [-0.3, -0.25) is 4.79 Å². The second kappa shape index (κ2) is 8.81. The van der Waals surface area contributed by atoms with Crippen molar-refractivity contribution in [2.75, 3.05) is 5.32 Å². The van der Waals surface area contributed by atoms with Crippen LogP contribution in [0.4, 0.5) is 5.13 Å². The van der Waals surface area contributed by atoms with Gasteiger partial charge in [-0.15, -0.1) is 10.2 Å². The highest BCUT2D eigenvalue weighted by molar-refractivity contribution is 8.00. The number of hydrogen-bond donors (Lipinski definition) is 1. The molecule has 136 valence electrons. The first kappa shape index (κ1) is 19.9. The van der Waals surface area contributed by atoms with Crippen LogP contribution in [0, 0.1) is 18.3 Å². The van der Waals surface area contributed by atoms with Crippen molar-refractivity contribution in [1.29, 1.82) is 0 Å². The first-order chi connectivity index (χ1) is 11.7. The molecule has 0 aliphatic rings. The molecule has 1 atom stereocenters. The van der Waals surface area contributed by atoms with E-state index in [1.807, 2.05) is 0 Å². The highest BCUT2D eigenvalue weighted by atomic mass is 32.2. The third kappa shape index (κ3) is 7.57. The lowest BCUT2D eigenvalue weighted by Crippen LogP contribution is -2.18. The van der Waals surface area contributed by atoms with E-state index in [1.165, 1.54) is 22.5 Å². The monoisotopic (exact) mass is 377 g/mol. The standard InChI is InChI=1S/C19H27N3OS2/c1-13-6-8-15(9-7-13)12-24-18-22-21-17(25-18)20-16(23)10-14(2)11-19(3,4)5/h6-9,14H,10-12H2,1-5H3,(H,20,21,23)/t14-/m0/s1. The van der Waals surface area contributed by atoms with Crippen LogP contribution in [0.5, 0.6) is 0 Å². The second-order valence-electron chi connectivity index (χ2n) is 7.77. The molecule has 4 nitrogen and oxygen atoms in total. The van der Waals surface area contributed by atoms with E-state index in [1.54, 1.807) is 11.8 Å². The van der Waals surface area contributed by atoms with Crippen LogP contribution in [-0.4, -0.2) is 16.1 Å². The molecule has 1 heterocycles. The maximum Gasteiger partial charge on any atom is 0.226 e. The van der Waals surface area contributed by atoms with Crippen molar-refractivity contribution in [3.05, 3.63) is 35.4 Å². The topological polar surface area (TPSA) is 54.9 Å². The highest BCUT2D eigenvalue weighted by Crippen LogP contribution is 2.29. The minimum absolute atomic E-state index is 0.0167. The summed E-state index contributed by atoms with van der Waals surface area (Å²) in [5.41, 5.74) is 2.75. The number of carbonyl (C=O) groups is 1. The van der Waals surface area contributed by atoms with Crippen molar-refractivity contribution in [3.63, 3.8) is 0 Å². The van der Waals surface area contributed by atoms with Gasteiger partial charge in [0.1, 0.15) is 0 Å². The van der Waals surface area contributed by atoms with Crippen molar-refractivity contribution < 1.29 is 4.79 Å². The van der Waals surface area contributed by atoms with E-state index in [9.17, 15) is 4.79 Å². The van der Waals surface area contributed by atoms with Gasteiger partial charge in [0.05, 0.1) is 0 Å². The van der Waals surface area contributed by atoms with Crippen LogP contribution in [0.15, 0.2) is 28.6 Å². The lowest BCUT2D eigenvalue weighted by Gasteiger charge is -2.22. The number of nitrogens with one attached hydrogen (secondary N) is 1. The predicted octanol–water partition coefficient (Wildman–Crippen LogP) is 5.54. The average molecular weight is 378 g/mol. The van der Waals surface area contributed by atoms with Crippen molar-refractivity contribution in [3.8, 4) is 0 Å². The molecule has 0 saturated carbocycles. The zero-order valence-corrected chi connectivity index (χ0v) is 17.3. The SMILES string of the molecule is Cc1ccc(CSc2nnc(NC(=O)C[C@H](C)CC(C)(C)C)s2)cc1. The third-order valence-electron chi connectivity index (χ3n) is 3.63. The van der Waals surface area contributed by atoms with Gasteiger partial charge in [0.2, 0.25) is 11.0 Å². The van der Waals surface area contributed by atoms with Gasteiger partial charge in [-0.05, 0) is 30.2 Å². The molecule has 0 unspecified atom stereocenters. The van der Waals surface area contributed by atoms with E-state index in [2.05, 4.69) is 74.4 Å². The van der Waals surface area contributed by atoms with Gasteiger partial charge in [0.15, 0.2) is 4.34 Å². The summed E-state index contributed by atoms with van der Waals surface area (Å²) in [7, 11) is 0. The Balaban J connectivity index is 1.80. The summed E-state index contributed by atoms with van der Waals surface area (Å²) < 4.78 is 0.874. The number of aryl methyl sites for hydroxylation is 1. The maximum absolute atomic E-state index is 12.2. The summed E-state index contributed by atoms with van der Waals surface area (Å²) in [6.45, 7) is 10.8. The van der Waals surface area contributed by atoms with Gasteiger partial charge in [-0.1, -0.05) is 80.6 Å². The first-order valence-corrected chi connectivity index (χ1v) is 10.3. The lowest BCUT2D eigenvalue weighted by atomic mass is 9.84. The highest BCUT2D eigenvalue weighted by Gasteiger charge is 2.18. The third-order valence-corrected chi connectivity index (χ3v) is 5.67. The van der Waals surface area contributed by atoms with Crippen LogP contribution in [0.25, 0.3) is 0 Å². The summed E-state index contributed by atoms with van der Waals surface area (Å²) in [4.78, 5) is 12.2. The molecule has 0 fully saturated rings. The summed E-state index contributed by atoms with van der Waals surface area (Å²) >= 11 is 3.08. The Morgan fingerprint density at radius 1 is 1.24 bits per heavy atom. The van der Waals surface area contributed by atoms with Crippen LogP contribution in [0.2, 0.25) is 0 Å². The molecule has 2 rings (SSSR count). The molecule has 0 saturated heterocycles. The fraction of sp³-hybridized carbons (Fsp3) is 0.526. The van der Waals surface area contributed by atoms with Crippen LogP contribution >= 0.6 is 23.1 Å². The summed E-state index contributed by atoms with van der Waals surface area (Å²) in [6.07, 6.45) is 1.54. The fourth-order valence-electron chi connectivity index (χ4n) is 2.75. The van der Waals surface area contributed by atoms with Crippen molar-refractivity contribution in [2.45, 2.75) is 57.6 Å². The van der Waals surface area contributed by atoms with Gasteiger partial charge < -0.3 is 5.32 Å². The average Bonchev–Trinajstić information content (AvgIpc) is 2.91. The number of rotatable bonds is 7. The molecule has 25 heavy (non-hydrogen) atoms. The number of anilines is 1. The number of hydrogen-bond acceptors (Lipinski definition) is 5. The molecule has 6 heteroatoms. The van der Waals surface area contributed by atoms with E-state index >= 15 is 0 Å². The predicted molar refractivity (Wildman–Crippen MR) is 107 cm³/mol. The van der Waals surface area contributed by atoms with E-state index in [0.717, 1.165) is 16.5 Å². The largest absolute Gasteiger partial charge is 0.300 e. The quantitative estimate of drug-likeness (QED) is 0.508. The summed E-state index contributed by atoms with van der Waals surface area (Å²) in [5, 5.41) is 11.7. The van der Waals surface area contributed by atoms with Crippen LogP contribution in [-0.2, 0) is 10.5 Å². The maximum atomic E-state index is 12.2. The first-order valence-electron chi connectivity index (χ1n) is 8.53. The number of nitrogens with zero attached hydrogens (tertiary/aromatic N) is 2. The Bertz CT molecular complexity index is 689. The number of aromatic nitrogens is 2. The molecular formula is C19H27N3OS2. The molecule has 0 spiro atoms. The molecule has 1 amide bonds. The molecule has 0 radical (unpaired) electrons. The molecule has 0 aliphatic carbocycles. The van der Waals surface area contributed by atoms with Crippen LogP contribution in [0.1, 0.15) is 51.7 Å². The van der Waals surface area contributed by atoms with E-state index < -0.39 is 0 Å². The van der Waals surface area contributed by atoms with E-state index in [0.29, 0.717) is 17.5 Å². The summed E-state index contributed by atoms with van der Waals surface area (Å²) in [5.74, 6) is 1.22. The molecular weight excluding hydrogens is 350 g/mol. The van der Waals surface area contributed by atoms with Gasteiger partial charge in [-0.2, -0.15) is 0 Å². The van der Waals surface area contributed by atoms with Gasteiger partial charge >= 0.3 is 0 Å². The Kier molecular flexibility index (Phi) is 7.02.